The van der Waals surface area contributed by atoms with Crippen LogP contribution >= 0.6 is 12.6 Å². The number of carbonyl (C=O) groups excluding carboxylic acids is 4. The number of hydrogen-bond acceptors (Lipinski definition) is 8. The highest BCUT2D eigenvalue weighted by Gasteiger charge is 2.54. The number of amides is 4. The van der Waals surface area contributed by atoms with Gasteiger partial charge in [-0.05, 0) is 83.3 Å². The second-order valence-electron chi connectivity index (χ2n) is 10.9. The van der Waals surface area contributed by atoms with Crippen molar-refractivity contribution in [3.63, 3.8) is 0 Å². The summed E-state index contributed by atoms with van der Waals surface area (Å²) in [6.45, 7) is 1.91. The Labute approximate surface area is 248 Å². The van der Waals surface area contributed by atoms with Crippen LogP contribution in [0.3, 0.4) is 0 Å². The minimum Gasteiger partial charge on any atom is -0.491 e. The quantitative estimate of drug-likeness (QED) is 0.134. The van der Waals surface area contributed by atoms with E-state index >= 15 is 0 Å². The number of aliphatic hydroxyl groups excluding tert-OH is 1. The zero-order valence-electron chi connectivity index (χ0n) is 24.1. The lowest BCUT2D eigenvalue weighted by molar-refractivity contribution is -0.149. The maximum absolute atomic E-state index is 13.8. The molecular formula is C29H45N5O6S. The summed E-state index contributed by atoms with van der Waals surface area (Å²) < 4.78 is 5.61. The molecule has 12 heteroatoms. The van der Waals surface area contributed by atoms with Crippen LogP contribution in [0.4, 0.5) is 0 Å². The molecule has 0 radical (unpaired) electrons. The minimum atomic E-state index is -0.723. The zero-order valence-corrected chi connectivity index (χ0v) is 25.0. The van der Waals surface area contributed by atoms with Gasteiger partial charge < -0.3 is 35.6 Å². The van der Waals surface area contributed by atoms with Crippen LogP contribution in [0.1, 0.15) is 56.6 Å². The lowest BCUT2D eigenvalue weighted by Gasteiger charge is -2.38. The van der Waals surface area contributed by atoms with Crippen molar-refractivity contribution in [3.8, 4) is 5.75 Å². The van der Waals surface area contributed by atoms with Crippen molar-refractivity contribution in [2.24, 2.45) is 5.92 Å². The summed E-state index contributed by atoms with van der Waals surface area (Å²) in [5.41, 5.74) is 0.720. The van der Waals surface area contributed by atoms with E-state index in [1.807, 2.05) is 20.2 Å². The second-order valence-corrected chi connectivity index (χ2v) is 11.2. The van der Waals surface area contributed by atoms with Gasteiger partial charge in [-0.15, -0.1) is 0 Å². The third-order valence-corrected chi connectivity index (χ3v) is 7.82. The number of fused-ring (bicyclic) bond motifs is 1. The largest absolute Gasteiger partial charge is 0.491 e. The maximum Gasteiger partial charge on any atom is 0.246 e. The Morgan fingerprint density at radius 3 is 2.59 bits per heavy atom. The SMILES string of the molecule is CN(C)CCCC[C@@H]1NC(=O)[C@@H]2C[C@H](C(=O)NCCCCCNC(=O)CS)[C@H](c3cccc(OCCO)c3)N2C1=O. The van der Waals surface area contributed by atoms with Crippen molar-refractivity contribution in [3.05, 3.63) is 29.8 Å². The van der Waals surface area contributed by atoms with E-state index in [-0.39, 0.29) is 49.0 Å². The van der Waals surface area contributed by atoms with E-state index in [0.29, 0.717) is 25.3 Å². The molecule has 0 spiro atoms. The fraction of sp³-hybridized carbons (Fsp3) is 0.655. The van der Waals surface area contributed by atoms with Crippen molar-refractivity contribution in [2.75, 3.05) is 52.7 Å². The standard InChI is InChI=1S/C29H45N5O6S/c1-33(2)14-7-4-11-23-29(39)34-24(28(38)32-23)18-22(26(34)20-9-8-10-21(17-20)40-16-15-35)27(37)31-13-6-3-5-12-30-25(36)19-41/h8-10,17,22-24,26,35,41H,3-7,11-16,18-19H2,1-2H3,(H,30,36)(H,31,37)(H,32,38)/t22-,23-,24-,26-/m0/s1. The van der Waals surface area contributed by atoms with Gasteiger partial charge >= 0.3 is 0 Å². The molecule has 11 nitrogen and oxygen atoms in total. The molecule has 0 aliphatic carbocycles. The number of carbonyl (C=O) groups is 4. The van der Waals surface area contributed by atoms with Gasteiger partial charge in [-0.25, -0.2) is 0 Å². The average molecular weight is 592 g/mol. The number of piperazine rings is 1. The van der Waals surface area contributed by atoms with Crippen LogP contribution in [-0.2, 0) is 19.2 Å². The fourth-order valence-corrected chi connectivity index (χ4v) is 5.64. The monoisotopic (exact) mass is 591 g/mol. The Hall–Kier alpha value is -2.83. The average Bonchev–Trinajstić information content (AvgIpc) is 3.37. The third-order valence-electron chi connectivity index (χ3n) is 7.53. The van der Waals surface area contributed by atoms with Crippen LogP contribution in [0, 0.1) is 5.92 Å². The van der Waals surface area contributed by atoms with Crippen LogP contribution in [0.25, 0.3) is 0 Å². The molecule has 2 aliphatic heterocycles. The van der Waals surface area contributed by atoms with Gasteiger partial charge in [-0.2, -0.15) is 12.6 Å². The van der Waals surface area contributed by atoms with Crippen molar-refractivity contribution >= 4 is 36.3 Å². The molecule has 2 aliphatic rings. The molecule has 2 fully saturated rings. The number of nitrogens with one attached hydrogen (secondary N) is 3. The topological polar surface area (TPSA) is 140 Å². The summed E-state index contributed by atoms with van der Waals surface area (Å²) in [7, 11) is 4.00. The van der Waals surface area contributed by atoms with E-state index in [4.69, 9.17) is 4.74 Å². The van der Waals surface area contributed by atoms with Crippen LogP contribution < -0.4 is 20.7 Å². The van der Waals surface area contributed by atoms with E-state index in [0.717, 1.165) is 44.2 Å². The molecule has 0 unspecified atom stereocenters. The van der Waals surface area contributed by atoms with Gasteiger partial charge in [0.1, 0.15) is 24.4 Å². The number of ether oxygens (including phenoxy) is 1. The molecular weight excluding hydrogens is 546 g/mol. The first-order chi connectivity index (χ1) is 19.8. The van der Waals surface area contributed by atoms with E-state index in [1.165, 1.54) is 0 Å². The normalized spacial score (nSPS) is 21.9. The first-order valence-electron chi connectivity index (χ1n) is 14.5. The number of nitrogens with zero attached hydrogens (tertiary/aromatic N) is 2. The van der Waals surface area contributed by atoms with E-state index in [1.54, 1.807) is 23.1 Å². The molecule has 4 amide bonds. The van der Waals surface area contributed by atoms with Gasteiger partial charge in [0.05, 0.1) is 24.3 Å². The molecule has 0 bridgehead atoms. The molecule has 41 heavy (non-hydrogen) atoms. The molecule has 1 aromatic carbocycles. The van der Waals surface area contributed by atoms with E-state index in [2.05, 4.69) is 33.5 Å². The van der Waals surface area contributed by atoms with Gasteiger partial charge in [0.15, 0.2) is 0 Å². The molecule has 0 saturated carbocycles. The summed E-state index contributed by atoms with van der Waals surface area (Å²) in [6.07, 6.45) is 4.85. The number of rotatable bonds is 17. The van der Waals surface area contributed by atoms with Gasteiger partial charge in [0, 0.05) is 13.1 Å². The molecule has 4 N–H and O–H groups in total. The number of benzene rings is 1. The summed E-state index contributed by atoms with van der Waals surface area (Å²) in [5.74, 6) is -0.611. The lowest BCUT2D eigenvalue weighted by atomic mass is 9.92. The second kappa shape index (κ2) is 16.6. The Kier molecular flexibility index (Phi) is 13.2. The third kappa shape index (κ3) is 9.34. The molecule has 2 saturated heterocycles. The number of hydrogen-bond donors (Lipinski definition) is 5. The molecule has 0 aromatic heterocycles. The van der Waals surface area contributed by atoms with Crippen LogP contribution in [-0.4, -0.2) is 103 Å². The van der Waals surface area contributed by atoms with Crippen molar-refractivity contribution in [1.82, 2.24) is 25.8 Å². The highest BCUT2D eigenvalue weighted by Crippen LogP contribution is 2.44. The highest BCUT2D eigenvalue weighted by atomic mass is 32.1. The summed E-state index contributed by atoms with van der Waals surface area (Å²) in [4.78, 5) is 55.5. The lowest BCUT2D eigenvalue weighted by Crippen LogP contribution is -2.61. The van der Waals surface area contributed by atoms with E-state index in [9.17, 15) is 24.3 Å². The molecule has 4 atom stereocenters. The Morgan fingerprint density at radius 2 is 1.88 bits per heavy atom. The predicted octanol–water partition coefficient (Wildman–Crippen LogP) is 0.879. The van der Waals surface area contributed by atoms with Crippen LogP contribution in [0.15, 0.2) is 24.3 Å². The van der Waals surface area contributed by atoms with Gasteiger partial charge in [-0.3, -0.25) is 19.2 Å². The summed E-state index contributed by atoms with van der Waals surface area (Å²) >= 11 is 3.94. The Morgan fingerprint density at radius 1 is 1.12 bits per heavy atom. The molecule has 3 rings (SSSR count). The predicted molar refractivity (Wildman–Crippen MR) is 159 cm³/mol. The maximum atomic E-state index is 13.8. The first-order valence-corrected chi connectivity index (χ1v) is 15.2. The Bertz CT molecular complexity index is 1040. The van der Waals surface area contributed by atoms with Crippen LogP contribution in [0.2, 0.25) is 0 Å². The van der Waals surface area contributed by atoms with Crippen molar-refractivity contribution < 1.29 is 29.0 Å². The molecule has 1 aromatic rings. The zero-order chi connectivity index (χ0) is 29.8. The van der Waals surface area contributed by atoms with E-state index < -0.39 is 24.0 Å². The number of thiol groups is 1. The molecule has 2 heterocycles. The Balaban J connectivity index is 1.72. The van der Waals surface area contributed by atoms with Gasteiger partial charge in [-0.1, -0.05) is 12.1 Å². The fourth-order valence-electron chi connectivity index (χ4n) is 5.52. The summed E-state index contributed by atoms with van der Waals surface area (Å²) in [6, 6.07) is 5.23. The molecule has 228 valence electrons. The smallest absolute Gasteiger partial charge is 0.246 e. The van der Waals surface area contributed by atoms with Crippen molar-refractivity contribution in [2.45, 2.75) is 63.1 Å². The first kappa shape index (κ1) is 32.7. The van der Waals surface area contributed by atoms with Gasteiger partial charge in [0.2, 0.25) is 23.6 Å². The number of unbranched alkanes of at least 4 members (excludes halogenated alkanes) is 3. The van der Waals surface area contributed by atoms with Crippen LogP contribution in [0.5, 0.6) is 5.75 Å². The number of aliphatic hydroxyl groups is 1. The van der Waals surface area contributed by atoms with Crippen molar-refractivity contribution in [1.29, 1.82) is 0 Å². The van der Waals surface area contributed by atoms with Gasteiger partial charge in [0.25, 0.3) is 0 Å². The minimum absolute atomic E-state index is 0.106. The summed E-state index contributed by atoms with van der Waals surface area (Å²) in [5, 5.41) is 17.9. The highest BCUT2D eigenvalue weighted by molar-refractivity contribution is 7.81.